The number of anilines is 1. The first kappa shape index (κ1) is 17.8. The highest BCUT2D eigenvalue weighted by molar-refractivity contribution is 5.92. The molecule has 0 aliphatic carbocycles. The zero-order valence-electron chi connectivity index (χ0n) is 15.3. The molecule has 0 saturated heterocycles. The standard InChI is InChI=1S/C18H22N6O2/c1-11-12(2)21-15-9-13(5-6-14(15)20-11)22-18(25)23-16(10-26-4)17-7-8-19-24(17)3/h5-9,16H,10H2,1-4H3,(H2,22,23,25). The number of aromatic nitrogens is 4. The minimum Gasteiger partial charge on any atom is -0.382 e. The van der Waals surface area contributed by atoms with Gasteiger partial charge in [-0.1, -0.05) is 0 Å². The van der Waals surface area contributed by atoms with Gasteiger partial charge < -0.3 is 15.4 Å². The van der Waals surface area contributed by atoms with E-state index in [1.807, 2.05) is 39.1 Å². The third-order valence-corrected chi connectivity index (χ3v) is 4.19. The molecular weight excluding hydrogens is 332 g/mol. The molecule has 8 heteroatoms. The maximum Gasteiger partial charge on any atom is 0.319 e. The lowest BCUT2D eigenvalue weighted by atomic mass is 10.2. The summed E-state index contributed by atoms with van der Waals surface area (Å²) in [5, 5.41) is 9.88. The fourth-order valence-corrected chi connectivity index (χ4v) is 2.73. The summed E-state index contributed by atoms with van der Waals surface area (Å²) >= 11 is 0. The van der Waals surface area contributed by atoms with E-state index in [-0.39, 0.29) is 12.1 Å². The molecule has 2 N–H and O–H groups in total. The summed E-state index contributed by atoms with van der Waals surface area (Å²) in [5.74, 6) is 0. The second-order valence-corrected chi connectivity index (χ2v) is 6.08. The van der Waals surface area contributed by atoms with E-state index in [0.717, 1.165) is 28.1 Å². The fraction of sp³-hybridized carbons (Fsp3) is 0.333. The Hall–Kier alpha value is -3.00. The van der Waals surface area contributed by atoms with E-state index >= 15 is 0 Å². The van der Waals surface area contributed by atoms with Crippen molar-refractivity contribution in [1.29, 1.82) is 0 Å². The second kappa shape index (κ2) is 7.49. The van der Waals surface area contributed by atoms with Crippen LogP contribution in [0.3, 0.4) is 0 Å². The maximum atomic E-state index is 12.4. The molecule has 0 saturated carbocycles. The molecule has 0 fully saturated rings. The van der Waals surface area contributed by atoms with Crippen LogP contribution in [0.2, 0.25) is 0 Å². The van der Waals surface area contributed by atoms with Crippen molar-refractivity contribution in [2.75, 3.05) is 19.0 Å². The predicted molar refractivity (Wildman–Crippen MR) is 99.0 cm³/mol. The molecule has 0 spiro atoms. The number of hydrogen-bond acceptors (Lipinski definition) is 5. The van der Waals surface area contributed by atoms with Gasteiger partial charge in [0.25, 0.3) is 0 Å². The Bertz CT molecular complexity index is 937. The number of nitrogens with zero attached hydrogens (tertiary/aromatic N) is 4. The zero-order chi connectivity index (χ0) is 18.7. The number of carbonyl (C=O) groups is 1. The molecule has 1 aromatic carbocycles. The van der Waals surface area contributed by atoms with E-state index in [1.165, 1.54) is 0 Å². The molecule has 136 valence electrons. The second-order valence-electron chi connectivity index (χ2n) is 6.08. The van der Waals surface area contributed by atoms with Crippen LogP contribution < -0.4 is 10.6 Å². The van der Waals surface area contributed by atoms with Crippen molar-refractivity contribution < 1.29 is 9.53 Å². The summed E-state index contributed by atoms with van der Waals surface area (Å²) in [6.07, 6.45) is 1.68. The number of ether oxygens (including phenoxy) is 1. The molecule has 0 aliphatic heterocycles. The van der Waals surface area contributed by atoms with E-state index in [0.29, 0.717) is 12.3 Å². The van der Waals surface area contributed by atoms with E-state index in [4.69, 9.17) is 4.74 Å². The molecule has 2 heterocycles. The number of fused-ring (bicyclic) bond motifs is 1. The predicted octanol–water partition coefficient (Wildman–Crippen LogP) is 2.49. The van der Waals surface area contributed by atoms with Crippen molar-refractivity contribution in [3.05, 3.63) is 47.5 Å². The number of aryl methyl sites for hydroxylation is 3. The highest BCUT2D eigenvalue weighted by Gasteiger charge is 2.17. The number of benzene rings is 1. The van der Waals surface area contributed by atoms with Gasteiger partial charge in [0, 0.05) is 26.0 Å². The summed E-state index contributed by atoms with van der Waals surface area (Å²) < 4.78 is 6.92. The number of methoxy groups -OCH3 is 1. The van der Waals surface area contributed by atoms with Gasteiger partial charge in [0.15, 0.2) is 0 Å². The molecule has 2 amide bonds. The molecule has 1 unspecified atom stereocenters. The minimum atomic E-state index is -0.329. The third kappa shape index (κ3) is 3.80. The third-order valence-electron chi connectivity index (χ3n) is 4.19. The van der Waals surface area contributed by atoms with E-state index < -0.39 is 0 Å². The van der Waals surface area contributed by atoms with Crippen LogP contribution in [0.5, 0.6) is 0 Å². The summed E-state index contributed by atoms with van der Waals surface area (Å²) in [6, 6.07) is 6.67. The highest BCUT2D eigenvalue weighted by atomic mass is 16.5. The number of carbonyl (C=O) groups excluding carboxylic acids is 1. The van der Waals surface area contributed by atoms with Gasteiger partial charge >= 0.3 is 6.03 Å². The van der Waals surface area contributed by atoms with Crippen LogP contribution in [0.15, 0.2) is 30.5 Å². The van der Waals surface area contributed by atoms with Gasteiger partial charge in [-0.05, 0) is 38.1 Å². The SMILES string of the molecule is COCC(NC(=O)Nc1ccc2nc(C)c(C)nc2c1)c1ccnn1C. The van der Waals surface area contributed by atoms with Crippen molar-refractivity contribution >= 4 is 22.8 Å². The topological polar surface area (TPSA) is 94.0 Å². The van der Waals surface area contributed by atoms with Gasteiger partial charge in [0.1, 0.15) is 0 Å². The Kier molecular flexibility index (Phi) is 5.13. The van der Waals surface area contributed by atoms with E-state index in [1.54, 1.807) is 24.1 Å². The van der Waals surface area contributed by atoms with Crippen LogP contribution in [0.4, 0.5) is 10.5 Å². The molecular formula is C18H22N6O2. The number of nitrogens with one attached hydrogen (secondary N) is 2. The maximum absolute atomic E-state index is 12.4. The average molecular weight is 354 g/mol. The van der Waals surface area contributed by atoms with Gasteiger partial charge in [0.05, 0.1) is 40.8 Å². The van der Waals surface area contributed by atoms with Crippen LogP contribution in [0.25, 0.3) is 11.0 Å². The zero-order valence-corrected chi connectivity index (χ0v) is 15.3. The lowest BCUT2D eigenvalue weighted by Crippen LogP contribution is -2.35. The monoisotopic (exact) mass is 354 g/mol. The lowest BCUT2D eigenvalue weighted by molar-refractivity contribution is 0.165. The van der Waals surface area contributed by atoms with Gasteiger partial charge in [-0.2, -0.15) is 5.10 Å². The van der Waals surface area contributed by atoms with E-state index in [2.05, 4.69) is 25.7 Å². The Morgan fingerprint density at radius 1 is 1.19 bits per heavy atom. The number of rotatable bonds is 5. The molecule has 0 radical (unpaired) electrons. The van der Waals surface area contributed by atoms with Gasteiger partial charge in [-0.3, -0.25) is 4.68 Å². The average Bonchev–Trinajstić information content (AvgIpc) is 3.02. The van der Waals surface area contributed by atoms with Crippen molar-refractivity contribution in [3.63, 3.8) is 0 Å². The number of amides is 2. The summed E-state index contributed by atoms with van der Waals surface area (Å²) in [7, 11) is 3.42. The highest BCUT2D eigenvalue weighted by Crippen LogP contribution is 2.18. The number of urea groups is 1. The molecule has 0 bridgehead atoms. The Morgan fingerprint density at radius 2 is 1.92 bits per heavy atom. The molecule has 2 aromatic heterocycles. The Labute approximate surface area is 151 Å². The van der Waals surface area contributed by atoms with Crippen molar-refractivity contribution in [1.82, 2.24) is 25.1 Å². The number of hydrogen-bond donors (Lipinski definition) is 2. The minimum absolute atomic E-state index is 0.308. The van der Waals surface area contributed by atoms with E-state index in [9.17, 15) is 4.79 Å². The molecule has 8 nitrogen and oxygen atoms in total. The summed E-state index contributed by atoms with van der Waals surface area (Å²) in [6.45, 7) is 4.18. The molecule has 26 heavy (non-hydrogen) atoms. The van der Waals surface area contributed by atoms with Crippen LogP contribution in [0, 0.1) is 13.8 Å². The summed E-state index contributed by atoms with van der Waals surface area (Å²) in [5.41, 5.74) is 4.81. The van der Waals surface area contributed by atoms with Crippen molar-refractivity contribution in [3.8, 4) is 0 Å². The normalized spacial score (nSPS) is 12.2. The molecule has 3 aromatic rings. The van der Waals surface area contributed by atoms with Crippen molar-refractivity contribution in [2.45, 2.75) is 19.9 Å². The first-order valence-electron chi connectivity index (χ1n) is 8.27. The van der Waals surface area contributed by atoms with Crippen LogP contribution in [0.1, 0.15) is 23.1 Å². The van der Waals surface area contributed by atoms with Crippen LogP contribution in [-0.2, 0) is 11.8 Å². The smallest absolute Gasteiger partial charge is 0.319 e. The summed E-state index contributed by atoms with van der Waals surface area (Å²) in [4.78, 5) is 21.4. The lowest BCUT2D eigenvalue weighted by Gasteiger charge is -2.18. The van der Waals surface area contributed by atoms with Gasteiger partial charge in [0.2, 0.25) is 0 Å². The Morgan fingerprint density at radius 3 is 2.58 bits per heavy atom. The van der Waals surface area contributed by atoms with Gasteiger partial charge in [-0.15, -0.1) is 0 Å². The fourth-order valence-electron chi connectivity index (χ4n) is 2.73. The van der Waals surface area contributed by atoms with Crippen molar-refractivity contribution in [2.24, 2.45) is 7.05 Å². The largest absolute Gasteiger partial charge is 0.382 e. The first-order chi connectivity index (χ1) is 12.5. The van der Waals surface area contributed by atoms with Crippen LogP contribution in [-0.4, -0.2) is 39.5 Å². The quantitative estimate of drug-likeness (QED) is 0.734. The molecule has 1 atom stereocenters. The Balaban J connectivity index is 1.75. The van der Waals surface area contributed by atoms with Crippen LogP contribution >= 0.6 is 0 Å². The van der Waals surface area contributed by atoms with Gasteiger partial charge in [-0.25, -0.2) is 14.8 Å². The molecule has 0 aliphatic rings. The molecule has 3 rings (SSSR count). The first-order valence-corrected chi connectivity index (χ1v) is 8.27.